The number of benzene rings is 1. The van der Waals surface area contributed by atoms with Crippen LogP contribution in [0.25, 0.3) is 21.6 Å². The second-order valence-electron chi connectivity index (χ2n) is 17.9. The Morgan fingerprint density at radius 1 is 1.07 bits per heavy atom. The molecule has 58 heavy (non-hydrogen) atoms. The van der Waals surface area contributed by atoms with Crippen LogP contribution in [-0.4, -0.2) is 88.7 Å². The molecule has 3 heterocycles. The van der Waals surface area contributed by atoms with Crippen molar-refractivity contribution >= 4 is 57.5 Å². The number of rotatable bonds is 17. The van der Waals surface area contributed by atoms with Gasteiger partial charge in [-0.1, -0.05) is 52.3 Å². The van der Waals surface area contributed by atoms with Gasteiger partial charge in [-0.05, 0) is 66.9 Å². The first-order valence-corrected chi connectivity index (χ1v) is 21.5. The number of thiazole rings is 1. The number of carbonyl (C=O) groups is 4. The largest absolute Gasteiger partial charge is 0.490 e. The normalized spacial score (nSPS) is 26.7. The predicted molar refractivity (Wildman–Crippen MR) is 220 cm³/mol. The lowest BCUT2D eigenvalue weighted by molar-refractivity contribution is -0.157. The average molecular weight is 836 g/mol. The van der Waals surface area contributed by atoms with E-state index in [0.29, 0.717) is 58.0 Å². The summed E-state index contributed by atoms with van der Waals surface area (Å²) >= 11 is 8.41. The highest BCUT2D eigenvalue weighted by molar-refractivity contribution is 7.13. The number of esters is 1. The Labute approximate surface area is 348 Å². The molecule has 0 bridgehead atoms. The number of halogens is 1. The zero-order valence-electron chi connectivity index (χ0n) is 34.1. The molecule has 2 aromatic heterocycles. The monoisotopic (exact) mass is 835 g/mol. The predicted octanol–water partition coefficient (Wildman–Crippen LogP) is 8.14. The number of aromatic nitrogens is 2. The van der Waals surface area contributed by atoms with Gasteiger partial charge in [0.15, 0.2) is 5.78 Å². The molecule has 1 aliphatic heterocycles. The molecule has 8 atom stereocenters. The third-order valence-electron chi connectivity index (χ3n) is 12.5. The van der Waals surface area contributed by atoms with E-state index in [-0.39, 0.29) is 67.1 Å². The van der Waals surface area contributed by atoms with Gasteiger partial charge in [0.05, 0.1) is 48.2 Å². The number of hydrogen-bond acceptors (Lipinski definition) is 11. The number of allylic oxidation sites excluding steroid dienone is 1. The summed E-state index contributed by atoms with van der Waals surface area (Å²) in [5.74, 6) is -1.04. The Bertz CT molecular complexity index is 2090. The van der Waals surface area contributed by atoms with E-state index in [2.05, 4.69) is 20.4 Å². The number of ketones is 1. The molecule has 14 heteroatoms. The van der Waals surface area contributed by atoms with Crippen LogP contribution in [0.2, 0.25) is 5.02 Å². The summed E-state index contributed by atoms with van der Waals surface area (Å²) in [4.78, 5) is 66.3. The van der Waals surface area contributed by atoms with Gasteiger partial charge < -0.3 is 29.0 Å². The van der Waals surface area contributed by atoms with Crippen molar-refractivity contribution in [3.8, 4) is 22.2 Å². The van der Waals surface area contributed by atoms with Gasteiger partial charge in [0.1, 0.15) is 46.0 Å². The maximum Gasteiger partial charge on any atom is 0.310 e. The van der Waals surface area contributed by atoms with Gasteiger partial charge in [-0.2, -0.15) is 0 Å². The van der Waals surface area contributed by atoms with Crippen molar-refractivity contribution in [2.75, 3.05) is 26.9 Å². The van der Waals surface area contributed by atoms with E-state index in [9.17, 15) is 24.3 Å². The third-order valence-corrected chi connectivity index (χ3v) is 13.7. The zero-order valence-corrected chi connectivity index (χ0v) is 35.7. The number of hydrogen-bond donors (Lipinski definition) is 1. The summed E-state index contributed by atoms with van der Waals surface area (Å²) in [7, 11) is 1.59. The van der Waals surface area contributed by atoms with Crippen molar-refractivity contribution in [1.29, 1.82) is 0 Å². The first-order chi connectivity index (χ1) is 27.5. The molecule has 3 saturated carbocycles. The number of carbonyl (C=O) groups excluding carboxylic acids is 3. The minimum absolute atomic E-state index is 0.0354. The van der Waals surface area contributed by atoms with Crippen LogP contribution in [0, 0.1) is 34.5 Å². The topological polar surface area (TPSA) is 154 Å². The molecular formula is C44H54ClN3O9S. The molecule has 3 aliphatic carbocycles. The molecule has 1 saturated heterocycles. The molecule has 4 aliphatic rings. The number of pyridine rings is 1. The number of fused-ring (bicyclic) bond motifs is 2. The van der Waals surface area contributed by atoms with Gasteiger partial charge in [0.25, 0.3) is 0 Å². The highest BCUT2D eigenvalue weighted by Crippen LogP contribution is 2.57. The van der Waals surface area contributed by atoms with Gasteiger partial charge >= 0.3 is 11.9 Å². The lowest BCUT2D eigenvalue weighted by atomic mass is 9.77. The zero-order chi connectivity index (χ0) is 41.7. The summed E-state index contributed by atoms with van der Waals surface area (Å²) in [5, 5.41) is 13.8. The smallest absolute Gasteiger partial charge is 0.310 e. The molecule has 312 valence electrons. The average Bonchev–Trinajstić information content (AvgIpc) is 3.81. The minimum Gasteiger partial charge on any atom is -0.490 e. The molecule has 0 radical (unpaired) electrons. The van der Waals surface area contributed by atoms with Crippen LogP contribution in [0.4, 0.5) is 0 Å². The molecule has 12 nitrogen and oxygen atoms in total. The number of ether oxygens (including phenoxy) is 4. The van der Waals surface area contributed by atoms with Gasteiger partial charge in [-0.25, -0.2) is 9.97 Å². The van der Waals surface area contributed by atoms with Crippen LogP contribution >= 0.6 is 22.9 Å². The molecule has 4 fully saturated rings. The second-order valence-corrected chi connectivity index (χ2v) is 19.2. The molecule has 1 unspecified atom stereocenters. The minimum atomic E-state index is -1.26. The molecular weight excluding hydrogens is 782 g/mol. The summed E-state index contributed by atoms with van der Waals surface area (Å²) in [6.45, 7) is 14.3. The Balaban J connectivity index is 1.21. The fourth-order valence-electron chi connectivity index (χ4n) is 8.76. The van der Waals surface area contributed by atoms with Crippen LogP contribution in [0.1, 0.15) is 91.2 Å². The molecule has 7 rings (SSSR count). The SMILES string of the molecule is C=C[C@@H]1C[C@]1(CC(=O)[C@@H]1C[C@@H](Oc2cc(-c3nc(C(C)C)cs3)nc3c(Cl)c(OCCOC)ccc23)CN1C(=O)[C@@H](CC(=O)OC1C[C@@H]2C[C@@H]2C1)C(C)(C)C)C(=O)O. The van der Waals surface area contributed by atoms with Gasteiger partial charge in [-0.15, -0.1) is 17.9 Å². The summed E-state index contributed by atoms with van der Waals surface area (Å²) < 4.78 is 23.7. The van der Waals surface area contributed by atoms with E-state index in [0.717, 1.165) is 18.5 Å². The van der Waals surface area contributed by atoms with E-state index in [1.807, 2.05) is 32.2 Å². The van der Waals surface area contributed by atoms with Gasteiger partial charge in [0, 0.05) is 36.8 Å². The number of amides is 1. The molecule has 1 amide bonds. The van der Waals surface area contributed by atoms with Crippen LogP contribution in [0.15, 0.2) is 36.2 Å². The van der Waals surface area contributed by atoms with E-state index in [1.54, 1.807) is 25.3 Å². The van der Waals surface area contributed by atoms with E-state index >= 15 is 0 Å². The van der Waals surface area contributed by atoms with Crippen molar-refractivity contribution in [1.82, 2.24) is 14.9 Å². The number of methoxy groups -OCH3 is 1. The van der Waals surface area contributed by atoms with E-state index in [4.69, 9.17) is 40.5 Å². The molecule has 3 aromatic rings. The molecule has 0 spiro atoms. The van der Waals surface area contributed by atoms with Crippen molar-refractivity contribution in [3.05, 3.63) is 47.0 Å². The first kappa shape index (κ1) is 42.1. The number of carboxylic acid groups (broad SMARTS) is 1. The third kappa shape index (κ3) is 8.63. The fraction of sp³-hybridized carbons (Fsp3) is 0.591. The Hall–Kier alpha value is -4.07. The maximum atomic E-state index is 14.8. The highest BCUT2D eigenvalue weighted by Gasteiger charge is 2.61. The fourth-order valence-corrected chi connectivity index (χ4v) is 9.96. The number of Topliss-reactive ketones (excluding diaryl/α,β-unsaturated/α-hetero) is 1. The number of likely N-dealkylation sites (tertiary alicyclic amines) is 1. The summed E-state index contributed by atoms with van der Waals surface area (Å²) in [5.41, 5.74) is -0.0369. The van der Waals surface area contributed by atoms with Crippen LogP contribution in [0.5, 0.6) is 11.5 Å². The number of aliphatic carboxylic acids is 1. The van der Waals surface area contributed by atoms with Gasteiger partial charge in [0.2, 0.25) is 5.91 Å². The number of nitrogens with zero attached hydrogens (tertiary/aromatic N) is 3. The van der Waals surface area contributed by atoms with Crippen molar-refractivity contribution in [3.63, 3.8) is 0 Å². The van der Waals surface area contributed by atoms with Crippen molar-refractivity contribution < 1.29 is 43.2 Å². The molecule has 1 N–H and O–H groups in total. The molecule has 1 aromatic carbocycles. The van der Waals surface area contributed by atoms with Crippen molar-refractivity contribution in [2.45, 2.75) is 104 Å². The van der Waals surface area contributed by atoms with Crippen molar-refractivity contribution in [2.24, 2.45) is 34.5 Å². The lowest BCUT2D eigenvalue weighted by Gasteiger charge is -2.35. The van der Waals surface area contributed by atoms with Gasteiger partial charge in [-0.3, -0.25) is 19.2 Å². The summed E-state index contributed by atoms with van der Waals surface area (Å²) in [6, 6.07) is 4.37. The Morgan fingerprint density at radius 3 is 2.43 bits per heavy atom. The van der Waals surface area contributed by atoms with E-state index < -0.39 is 40.8 Å². The standard InChI is InChI=1S/C44H54ClN3O9S/c1-8-26-19-44(26,42(52)53)20-34(49)33-16-28(21-48(33)41(51)30(43(4,5)6)17-37(50)57-27-14-24-13-25(24)15-27)56-36-18-31(40-47-32(22-58-40)23(2)3)46-39-29(36)9-10-35(38(39)45)55-12-11-54-7/h8-10,18,22-28,30,33H,1,11-17,19-21H2,2-7H3,(H,52,53)/t24-,25+,26-,27?,28-,30-,33+,44-/m1/s1. The van der Waals surface area contributed by atoms with E-state index in [1.165, 1.54) is 22.7 Å². The van der Waals surface area contributed by atoms with Crippen LogP contribution in [0.3, 0.4) is 0 Å². The quantitative estimate of drug-likeness (QED) is 0.0796. The first-order valence-electron chi connectivity index (χ1n) is 20.3. The van der Waals surface area contributed by atoms with Crippen LogP contribution < -0.4 is 9.47 Å². The second kappa shape index (κ2) is 16.5. The number of carboxylic acids is 1. The Kier molecular flexibility index (Phi) is 12.0. The Morgan fingerprint density at radius 2 is 1.81 bits per heavy atom. The maximum absolute atomic E-state index is 14.8. The van der Waals surface area contributed by atoms with Crippen LogP contribution in [-0.2, 0) is 28.7 Å². The lowest BCUT2D eigenvalue weighted by Crippen LogP contribution is -2.48. The highest BCUT2D eigenvalue weighted by atomic mass is 35.5. The summed E-state index contributed by atoms with van der Waals surface area (Å²) in [6.07, 6.45) is 3.73.